The van der Waals surface area contributed by atoms with Crippen molar-refractivity contribution in [2.24, 2.45) is 0 Å². The number of amides is 1. The van der Waals surface area contributed by atoms with Crippen molar-refractivity contribution in [2.75, 3.05) is 12.4 Å². The molecule has 0 fully saturated rings. The predicted octanol–water partition coefficient (Wildman–Crippen LogP) is 3.86. The number of ether oxygens (including phenoxy) is 1. The number of thiazole rings is 1. The van der Waals surface area contributed by atoms with E-state index >= 15 is 0 Å². The number of phenols is 1. The molecule has 112 valence electrons. The molecule has 0 saturated heterocycles. The van der Waals surface area contributed by atoms with Gasteiger partial charge in [0, 0.05) is 12.8 Å². The topological polar surface area (TPSA) is 71.5 Å². The SMILES string of the molecule is COCc1nc(C)c(C(=O)Nc2cc(Cl)c(O)c(Cl)c2)s1. The maximum atomic E-state index is 12.2. The molecule has 0 aliphatic heterocycles. The predicted molar refractivity (Wildman–Crippen MR) is 83.6 cm³/mol. The fraction of sp³-hybridized carbons (Fsp3) is 0.231. The second-order valence-corrected chi connectivity index (χ2v) is 6.10. The van der Waals surface area contributed by atoms with Gasteiger partial charge in [0.05, 0.1) is 22.3 Å². The van der Waals surface area contributed by atoms with Crippen LogP contribution in [0.5, 0.6) is 5.75 Å². The highest BCUT2D eigenvalue weighted by Crippen LogP contribution is 2.35. The van der Waals surface area contributed by atoms with Crippen molar-refractivity contribution < 1.29 is 14.6 Å². The van der Waals surface area contributed by atoms with Crippen LogP contribution >= 0.6 is 34.5 Å². The van der Waals surface area contributed by atoms with Gasteiger partial charge in [0.25, 0.3) is 5.91 Å². The van der Waals surface area contributed by atoms with E-state index in [0.29, 0.717) is 22.9 Å². The molecule has 0 saturated carbocycles. The summed E-state index contributed by atoms with van der Waals surface area (Å²) in [6.07, 6.45) is 0. The average Bonchev–Trinajstić information content (AvgIpc) is 2.77. The summed E-state index contributed by atoms with van der Waals surface area (Å²) < 4.78 is 4.99. The van der Waals surface area contributed by atoms with Crippen LogP contribution in [0, 0.1) is 6.92 Å². The third-order valence-corrected chi connectivity index (χ3v) is 4.30. The average molecular weight is 347 g/mol. The molecule has 2 N–H and O–H groups in total. The number of carbonyl (C=O) groups excluding carboxylic acids is 1. The Morgan fingerprint density at radius 1 is 1.43 bits per heavy atom. The molecule has 0 bridgehead atoms. The van der Waals surface area contributed by atoms with Gasteiger partial charge in [-0.25, -0.2) is 4.98 Å². The van der Waals surface area contributed by atoms with E-state index in [2.05, 4.69) is 10.3 Å². The molecule has 1 heterocycles. The summed E-state index contributed by atoms with van der Waals surface area (Å²) in [6, 6.07) is 2.85. The number of benzene rings is 1. The van der Waals surface area contributed by atoms with Gasteiger partial charge in [0.1, 0.15) is 9.88 Å². The van der Waals surface area contributed by atoms with Gasteiger partial charge in [-0.15, -0.1) is 11.3 Å². The van der Waals surface area contributed by atoms with Crippen molar-refractivity contribution in [2.45, 2.75) is 13.5 Å². The molecule has 0 atom stereocenters. The monoisotopic (exact) mass is 346 g/mol. The number of phenolic OH excluding ortho intramolecular Hbond substituents is 1. The first-order valence-corrected chi connectivity index (χ1v) is 7.44. The number of methoxy groups -OCH3 is 1. The minimum Gasteiger partial charge on any atom is -0.505 e. The van der Waals surface area contributed by atoms with Gasteiger partial charge in [-0.3, -0.25) is 4.79 Å². The lowest BCUT2D eigenvalue weighted by Crippen LogP contribution is -2.11. The number of hydrogen-bond acceptors (Lipinski definition) is 5. The highest BCUT2D eigenvalue weighted by Gasteiger charge is 2.16. The van der Waals surface area contributed by atoms with Crippen LogP contribution in [0.2, 0.25) is 10.0 Å². The van der Waals surface area contributed by atoms with Crippen LogP contribution < -0.4 is 5.32 Å². The van der Waals surface area contributed by atoms with E-state index in [1.807, 2.05) is 0 Å². The summed E-state index contributed by atoms with van der Waals surface area (Å²) in [6.45, 7) is 2.11. The standard InChI is InChI=1S/C13H12Cl2N2O3S/c1-6-12(21-10(16-6)5-20-2)13(19)17-7-3-8(14)11(18)9(15)4-7/h3-4,18H,5H2,1-2H3,(H,17,19). The van der Waals surface area contributed by atoms with Crippen LogP contribution in [-0.4, -0.2) is 23.1 Å². The second-order valence-electron chi connectivity index (χ2n) is 4.20. The van der Waals surface area contributed by atoms with E-state index in [-0.39, 0.29) is 21.7 Å². The van der Waals surface area contributed by atoms with Crippen LogP contribution in [0.4, 0.5) is 5.69 Å². The number of halogens is 2. The van der Waals surface area contributed by atoms with Crippen molar-refractivity contribution in [3.63, 3.8) is 0 Å². The van der Waals surface area contributed by atoms with E-state index in [0.717, 1.165) is 5.01 Å². The normalized spacial score (nSPS) is 10.7. The molecule has 5 nitrogen and oxygen atoms in total. The fourth-order valence-electron chi connectivity index (χ4n) is 1.67. The summed E-state index contributed by atoms with van der Waals surface area (Å²) in [5.74, 6) is -0.530. The number of hydrogen-bond donors (Lipinski definition) is 2. The lowest BCUT2D eigenvalue weighted by atomic mass is 10.3. The molecule has 0 aliphatic carbocycles. The van der Waals surface area contributed by atoms with Crippen molar-refractivity contribution in [3.05, 3.63) is 37.8 Å². The lowest BCUT2D eigenvalue weighted by Gasteiger charge is -2.07. The van der Waals surface area contributed by atoms with Crippen molar-refractivity contribution in [1.82, 2.24) is 4.98 Å². The van der Waals surface area contributed by atoms with Crippen molar-refractivity contribution >= 4 is 46.1 Å². The molecule has 1 aromatic heterocycles. The first-order valence-electron chi connectivity index (χ1n) is 5.87. The number of aryl methyl sites for hydroxylation is 1. The molecule has 0 spiro atoms. The Morgan fingerprint density at radius 2 is 2.05 bits per heavy atom. The molecular weight excluding hydrogens is 335 g/mol. The van der Waals surface area contributed by atoms with E-state index in [1.54, 1.807) is 14.0 Å². The highest BCUT2D eigenvalue weighted by molar-refractivity contribution is 7.13. The number of aromatic nitrogens is 1. The maximum absolute atomic E-state index is 12.2. The summed E-state index contributed by atoms with van der Waals surface area (Å²) in [5.41, 5.74) is 1.02. The van der Waals surface area contributed by atoms with E-state index < -0.39 is 0 Å². The molecule has 2 aromatic rings. The minimum atomic E-state index is -0.315. The van der Waals surface area contributed by atoms with Crippen LogP contribution in [0.1, 0.15) is 20.4 Å². The van der Waals surface area contributed by atoms with Crippen LogP contribution in [0.3, 0.4) is 0 Å². The molecule has 1 amide bonds. The van der Waals surface area contributed by atoms with E-state index in [9.17, 15) is 9.90 Å². The zero-order chi connectivity index (χ0) is 15.6. The molecule has 1 aromatic carbocycles. The van der Waals surface area contributed by atoms with E-state index in [1.165, 1.54) is 23.5 Å². The van der Waals surface area contributed by atoms with Gasteiger partial charge in [-0.2, -0.15) is 0 Å². The second kappa shape index (κ2) is 6.62. The van der Waals surface area contributed by atoms with Crippen LogP contribution in [0.25, 0.3) is 0 Å². The quantitative estimate of drug-likeness (QED) is 0.824. The Bertz CT molecular complexity index is 665. The summed E-state index contributed by atoms with van der Waals surface area (Å²) in [7, 11) is 1.57. The van der Waals surface area contributed by atoms with Gasteiger partial charge in [-0.1, -0.05) is 23.2 Å². The molecule has 0 radical (unpaired) electrons. The number of rotatable bonds is 4. The molecule has 8 heteroatoms. The molecular formula is C13H12Cl2N2O3S. The number of anilines is 1. The zero-order valence-electron chi connectivity index (χ0n) is 11.2. The Morgan fingerprint density at radius 3 is 2.62 bits per heavy atom. The van der Waals surface area contributed by atoms with Crippen LogP contribution in [-0.2, 0) is 11.3 Å². The van der Waals surface area contributed by atoms with Gasteiger partial charge in [0.15, 0.2) is 5.75 Å². The highest BCUT2D eigenvalue weighted by atomic mass is 35.5. The molecule has 0 aliphatic rings. The summed E-state index contributed by atoms with van der Waals surface area (Å²) >= 11 is 12.9. The first-order chi connectivity index (χ1) is 9.92. The fourth-order valence-corrected chi connectivity index (χ4v) is 3.09. The van der Waals surface area contributed by atoms with Gasteiger partial charge >= 0.3 is 0 Å². The molecule has 2 rings (SSSR count). The number of nitrogens with one attached hydrogen (secondary N) is 1. The number of carbonyl (C=O) groups is 1. The Hall–Kier alpha value is -1.34. The Balaban J connectivity index is 2.22. The van der Waals surface area contributed by atoms with Gasteiger partial charge < -0.3 is 15.2 Å². The van der Waals surface area contributed by atoms with Gasteiger partial charge in [-0.05, 0) is 19.1 Å². The van der Waals surface area contributed by atoms with Gasteiger partial charge in [0.2, 0.25) is 0 Å². The number of aromatic hydroxyl groups is 1. The largest absolute Gasteiger partial charge is 0.505 e. The zero-order valence-corrected chi connectivity index (χ0v) is 13.6. The third-order valence-electron chi connectivity index (χ3n) is 2.59. The third kappa shape index (κ3) is 3.65. The molecule has 21 heavy (non-hydrogen) atoms. The minimum absolute atomic E-state index is 0.0684. The Labute approximate surface area is 135 Å². The summed E-state index contributed by atoms with van der Waals surface area (Å²) in [5, 5.41) is 13.0. The Kier molecular flexibility index (Phi) is 5.05. The lowest BCUT2D eigenvalue weighted by molar-refractivity contribution is 0.103. The van der Waals surface area contributed by atoms with Crippen molar-refractivity contribution in [1.29, 1.82) is 0 Å². The maximum Gasteiger partial charge on any atom is 0.267 e. The van der Waals surface area contributed by atoms with E-state index in [4.69, 9.17) is 27.9 Å². The van der Waals surface area contributed by atoms with Crippen LogP contribution in [0.15, 0.2) is 12.1 Å². The molecule has 0 unspecified atom stereocenters. The number of nitrogens with zero attached hydrogens (tertiary/aromatic N) is 1. The summed E-state index contributed by atoms with van der Waals surface area (Å²) in [4.78, 5) is 17.0. The van der Waals surface area contributed by atoms with Crippen molar-refractivity contribution in [3.8, 4) is 5.75 Å². The first kappa shape index (κ1) is 16.0. The smallest absolute Gasteiger partial charge is 0.267 e.